The predicted octanol–water partition coefficient (Wildman–Crippen LogP) is 8.80. The molecule has 3 heterocycles. The Bertz CT molecular complexity index is 2340. The maximum Gasteiger partial charge on any atom is 0.234 e. The van der Waals surface area contributed by atoms with Gasteiger partial charge in [-0.2, -0.15) is 4.99 Å². The highest BCUT2D eigenvalue weighted by atomic mass is 16.3. The Morgan fingerprint density at radius 3 is 2.05 bits per heavy atom. The lowest BCUT2D eigenvalue weighted by Gasteiger charge is -2.24. The van der Waals surface area contributed by atoms with Gasteiger partial charge in [-0.05, 0) is 40.6 Å². The largest absolute Gasteiger partial charge is 0.455 e. The second-order valence-electron chi connectivity index (χ2n) is 10.7. The highest BCUT2D eigenvalue weighted by Crippen LogP contribution is 2.37. The van der Waals surface area contributed by atoms with Gasteiger partial charge in [0.1, 0.15) is 23.2 Å². The Morgan fingerprint density at radius 1 is 0.595 bits per heavy atom. The minimum absolute atomic E-state index is 0.325. The van der Waals surface area contributed by atoms with Crippen molar-refractivity contribution in [3.05, 3.63) is 145 Å². The molecule has 5 nitrogen and oxygen atoms in total. The monoisotopic (exact) mass is 540 g/mol. The minimum Gasteiger partial charge on any atom is -0.455 e. The van der Waals surface area contributed by atoms with Gasteiger partial charge in [-0.1, -0.05) is 109 Å². The number of hydrogen-bond acceptors (Lipinski definition) is 4. The topological polar surface area (TPSA) is 54.8 Å². The quantitative estimate of drug-likeness (QED) is 0.238. The van der Waals surface area contributed by atoms with Crippen molar-refractivity contribution in [1.82, 2.24) is 9.88 Å². The number of hydrogen-bond donors (Lipinski definition) is 1. The summed E-state index contributed by atoms with van der Waals surface area (Å²) in [6, 6.07) is 46.1. The number of nitrogens with one attached hydrogen (secondary N) is 1. The number of rotatable bonds is 2. The zero-order valence-electron chi connectivity index (χ0n) is 22.5. The van der Waals surface area contributed by atoms with Crippen LogP contribution in [0.1, 0.15) is 17.3 Å². The van der Waals surface area contributed by atoms with Crippen molar-refractivity contribution >= 4 is 66.3 Å². The van der Waals surface area contributed by atoms with Crippen LogP contribution in [0.25, 0.3) is 54.5 Å². The van der Waals surface area contributed by atoms with Crippen molar-refractivity contribution < 1.29 is 4.42 Å². The molecule has 1 N–H and O–H groups in total. The molecule has 0 aliphatic carbocycles. The summed E-state index contributed by atoms with van der Waals surface area (Å²) >= 11 is 0. The zero-order chi connectivity index (χ0) is 27.6. The lowest BCUT2D eigenvalue weighted by atomic mass is 10.0. The van der Waals surface area contributed by atoms with E-state index in [9.17, 15) is 0 Å². The van der Waals surface area contributed by atoms with Gasteiger partial charge in [0.25, 0.3) is 0 Å². The number of furan rings is 1. The first-order valence-electron chi connectivity index (χ1n) is 14.1. The van der Waals surface area contributed by atoms with E-state index in [1.165, 1.54) is 21.5 Å². The van der Waals surface area contributed by atoms with E-state index in [0.29, 0.717) is 5.96 Å². The standard InChI is InChI=1S/C37H24N4O/c1-2-12-24(13-3-1)35-38-36(40-37(39-35)41-30-19-8-6-15-26(30)27-16-7-9-20-31(27)41)29-18-10-17-28-33-25-14-5-4-11-23(25)21-22-32(33)42-34(28)29/h1-22,35H,(H,38,39,40). The van der Waals surface area contributed by atoms with E-state index in [1.807, 2.05) is 18.2 Å². The van der Waals surface area contributed by atoms with Gasteiger partial charge in [0.15, 0.2) is 0 Å². The van der Waals surface area contributed by atoms with Crippen molar-refractivity contribution in [2.45, 2.75) is 6.17 Å². The SMILES string of the molecule is c1ccc(C2N=C(n3c4ccccc4c4ccccc43)N=C(c3cccc4c3oc3ccc5ccccc5c34)N2)cc1. The fourth-order valence-electron chi connectivity index (χ4n) is 6.37. The third kappa shape index (κ3) is 3.37. The summed E-state index contributed by atoms with van der Waals surface area (Å²) in [7, 11) is 0. The van der Waals surface area contributed by atoms with Crippen LogP contribution in [0.15, 0.2) is 148 Å². The highest BCUT2D eigenvalue weighted by Gasteiger charge is 2.25. The molecule has 1 aliphatic rings. The number of amidine groups is 1. The van der Waals surface area contributed by atoms with Gasteiger partial charge in [0, 0.05) is 21.5 Å². The first-order valence-corrected chi connectivity index (χ1v) is 14.1. The summed E-state index contributed by atoms with van der Waals surface area (Å²) in [6.07, 6.45) is -0.325. The van der Waals surface area contributed by atoms with Gasteiger partial charge in [-0.15, -0.1) is 0 Å². The molecule has 0 saturated heterocycles. The Balaban J connectivity index is 1.31. The summed E-state index contributed by atoms with van der Waals surface area (Å²) in [5, 5.41) is 10.5. The number of benzene rings is 6. The van der Waals surface area contributed by atoms with Crippen LogP contribution in [0.2, 0.25) is 0 Å². The van der Waals surface area contributed by atoms with Crippen LogP contribution >= 0.6 is 0 Å². The second kappa shape index (κ2) is 8.91. The summed E-state index contributed by atoms with van der Waals surface area (Å²) in [4.78, 5) is 10.4. The molecule has 6 aromatic carbocycles. The first-order chi connectivity index (χ1) is 20.8. The fourth-order valence-corrected chi connectivity index (χ4v) is 6.37. The smallest absolute Gasteiger partial charge is 0.234 e. The molecule has 0 spiro atoms. The summed E-state index contributed by atoms with van der Waals surface area (Å²) in [5.74, 6) is 1.36. The molecule has 1 unspecified atom stereocenters. The maximum absolute atomic E-state index is 6.58. The molecular weight excluding hydrogens is 516 g/mol. The highest BCUT2D eigenvalue weighted by molar-refractivity contribution is 6.24. The van der Waals surface area contributed by atoms with Gasteiger partial charge in [0.2, 0.25) is 5.96 Å². The lowest BCUT2D eigenvalue weighted by molar-refractivity contribution is 0.657. The lowest BCUT2D eigenvalue weighted by Crippen LogP contribution is -2.35. The molecule has 1 atom stereocenters. The van der Waals surface area contributed by atoms with Gasteiger partial charge in [-0.3, -0.25) is 4.57 Å². The molecule has 0 amide bonds. The van der Waals surface area contributed by atoms with Crippen LogP contribution in [0.4, 0.5) is 0 Å². The van der Waals surface area contributed by atoms with E-state index in [-0.39, 0.29) is 6.17 Å². The molecule has 5 heteroatoms. The van der Waals surface area contributed by atoms with Crippen molar-refractivity contribution in [2.75, 3.05) is 0 Å². The fraction of sp³-hybridized carbons (Fsp3) is 0.0270. The van der Waals surface area contributed by atoms with Gasteiger partial charge >= 0.3 is 0 Å². The number of para-hydroxylation sites is 3. The first kappa shape index (κ1) is 23.1. The van der Waals surface area contributed by atoms with E-state index < -0.39 is 0 Å². The van der Waals surface area contributed by atoms with Gasteiger partial charge < -0.3 is 9.73 Å². The third-order valence-electron chi connectivity index (χ3n) is 8.27. The van der Waals surface area contributed by atoms with Crippen LogP contribution in [-0.4, -0.2) is 16.4 Å². The molecule has 0 fully saturated rings. The molecule has 8 aromatic rings. The van der Waals surface area contributed by atoms with Crippen LogP contribution in [0, 0.1) is 0 Å². The van der Waals surface area contributed by atoms with E-state index in [4.69, 9.17) is 14.4 Å². The number of fused-ring (bicyclic) bond motifs is 8. The minimum atomic E-state index is -0.325. The third-order valence-corrected chi connectivity index (χ3v) is 8.27. The van der Waals surface area contributed by atoms with E-state index in [1.54, 1.807) is 0 Å². The van der Waals surface area contributed by atoms with E-state index in [0.717, 1.165) is 49.9 Å². The molecule has 0 saturated carbocycles. The molecule has 1 aliphatic heterocycles. The van der Waals surface area contributed by atoms with Crippen molar-refractivity contribution in [3.63, 3.8) is 0 Å². The summed E-state index contributed by atoms with van der Waals surface area (Å²) in [5.41, 5.74) is 5.78. The van der Waals surface area contributed by atoms with Gasteiger partial charge in [-0.25, -0.2) is 4.99 Å². The van der Waals surface area contributed by atoms with E-state index >= 15 is 0 Å². The summed E-state index contributed by atoms with van der Waals surface area (Å²) in [6.45, 7) is 0. The number of nitrogens with zero attached hydrogens (tertiary/aromatic N) is 3. The molecule has 198 valence electrons. The van der Waals surface area contributed by atoms with Crippen molar-refractivity contribution in [2.24, 2.45) is 9.98 Å². The molecule has 42 heavy (non-hydrogen) atoms. The Hall–Kier alpha value is -5.68. The average molecular weight is 541 g/mol. The normalized spacial score (nSPS) is 15.4. The molecule has 0 radical (unpaired) electrons. The predicted molar refractivity (Wildman–Crippen MR) is 172 cm³/mol. The molecule has 0 bridgehead atoms. The van der Waals surface area contributed by atoms with Gasteiger partial charge in [0.05, 0.1) is 16.6 Å². The molecular formula is C37H24N4O. The zero-order valence-corrected chi connectivity index (χ0v) is 22.5. The van der Waals surface area contributed by atoms with Crippen molar-refractivity contribution in [3.8, 4) is 0 Å². The Labute approximate surface area is 241 Å². The maximum atomic E-state index is 6.58. The molecule has 2 aromatic heterocycles. The van der Waals surface area contributed by atoms with Crippen molar-refractivity contribution in [1.29, 1.82) is 0 Å². The van der Waals surface area contributed by atoms with Crippen LogP contribution in [-0.2, 0) is 0 Å². The average Bonchev–Trinajstić information content (AvgIpc) is 3.61. The number of aliphatic imine (C=N–C) groups is 2. The second-order valence-corrected chi connectivity index (χ2v) is 10.7. The Morgan fingerprint density at radius 2 is 1.26 bits per heavy atom. The van der Waals surface area contributed by atoms with Crippen LogP contribution < -0.4 is 5.32 Å². The number of aromatic nitrogens is 1. The molecule has 9 rings (SSSR count). The van der Waals surface area contributed by atoms with E-state index in [2.05, 4.69) is 125 Å². The Kier molecular flexibility index (Phi) is 4.90. The summed E-state index contributed by atoms with van der Waals surface area (Å²) < 4.78 is 8.76. The van der Waals surface area contributed by atoms with Crippen LogP contribution in [0.5, 0.6) is 0 Å². The van der Waals surface area contributed by atoms with Crippen LogP contribution in [0.3, 0.4) is 0 Å².